The molecule has 0 fully saturated rings. The Morgan fingerprint density at radius 2 is 1.44 bits per heavy atom. The molecule has 0 aromatic carbocycles. The van der Waals surface area contributed by atoms with Crippen molar-refractivity contribution in [2.24, 2.45) is 0 Å². The first-order chi connectivity index (χ1) is 13.0. The predicted molar refractivity (Wildman–Crippen MR) is 106 cm³/mol. The number of carbonyl (C=O) groups excluding carboxylic acids is 1. The van der Waals surface area contributed by atoms with Gasteiger partial charge in [0.05, 0.1) is 16.3 Å². The van der Waals surface area contributed by atoms with Crippen molar-refractivity contribution in [3.63, 3.8) is 0 Å². The molecule has 0 heterocycles. The second-order valence-electron chi connectivity index (χ2n) is 6.05. The van der Waals surface area contributed by atoms with Crippen LogP contribution in [-0.2, 0) is 4.79 Å². The molecule has 7 nitrogen and oxygen atoms in total. The van der Waals surface area contributed by atoms with Gasteiger partial charge in [0.25, 0.3) is 0 Å². The fourth-order valence-corrected chi connectivity index (χ4v) is 2.35. The summed E-state index contributed by atoms with van der Waals surface area (Å²) in [5, 5.41) is 22.2. The van der Waals surface area contributed by atoms with Gasteiger partial charge in [-0.2, -0.15) is 0 Å². The minimum Gasteiger partial charge on any atom is -0.303 e. The van der Waals surface area contributed by atoms with Crippen molar-refractivity contribution in [3.05, 3.63) is 68.1 Å². The summed E-state index contributed by atoms with van der Waals surface area (Å²) in [6.45, 7) is 2.05. The molecule has 0 atom stereocenters. The number of nitrogens with zero attached hydrogens (tertiary/aromatic N) is 2. The molecule has 0 aromatic rings. The van der Waals surface area contributed by atoms with Gasteiger partial charge in [-0.25, -0.2) is 0 Å². The molecule has 27 heavy (non-hydrogen) atoms. The number of aldehydes is 1. The molecule has 0 aliphatic carbocycles. The van der Waals surface area contributed by atoms with Crippen LogP contribution in [0.3, 0.4) is 0 Å². The number of allylic oxidation sites excluding steroid dienone is 7. The average Bonchev–Trinajstić information content (AvgIpc) is 2.63. The molecule has 0 rings (SSSR count). The number of rotatable bonds is 16. The van der Waals surface area contributed by atoms with Crippen LogP contribution in [0.1, 0.15) is 71.1 Å². The molecule has 0 saturated carbocycles. The van der Waals surface area contributed by atoms with Crippen LogP contribution in [0.4, 0.5) is 0 Å². The summed E-state index contributed by atoms with van der Waals surface area (Å²) in [5.41, 5.74) is -0.0209. The molecule has 0 aliphatic heterocycles. The molecular weight excluding hydrogens is 348 g/mol. The minimum atomic E-state index is -0.488. The first-order valence-corrected chi connectivity index (χ1v) is 9.43. The third-order valence-corrected chi connectivity index (χ3v) is 3.85. The highest BCUT2D eigenvalue weighted by molar-refractivity contribution is 5.48. The van der Waals surface area contributed by atoms with Crippen LogP contribution in [0.5, 0.6) is 0 Å². The molecule has 0 N–H and O–H groups in total. The van der Waals surface area contributed by atoms with Gasteiger partial charge in [0.1, 0.15) is 6.29 Å². The van der Waals surface area contributed by atoms with Gasteiger partial charge >= 0.3 is 0 Å². The summed E-state index contributed by atoms with van der Waals surface area (Å²) >= 11 is 0. The lowest BCUT2D eigenvalue weighted by Gasteiger charge is -2.00. The summed E-state index contributed by atoms with van der Waals surface area (Å²) < 4.78 is 0. The van der Waals surface area contributed by atoms with E-state index in [4.69, 9.17) is 0 Å². The number of hydrogen-bond donors (Lipinski definition) is 0. The van der Waals surface area contributed by atoms with Crippen molar-refractivity contribution >= 4 is 6.29 Å². The van der Waals surface area contributed by atoms with Gasteiger partial charge in [-0.3, -0.25) is 20.2 Å². The molecule has 0 amide bonds. The van der Waals surface area contributed by atoms with Crippen molar-refractivity contribution in [1.29, 1.82) is 0 Å². The maximum Gasteiger partial charge on any atom is 0.246 e. The van der Waals surface area contributed by atoms with Crippen LogP contribution in [0.15, 0.2) is 47.9 Å². The molecule has 0 spiro atoms. The minimum absolute atomic E-state index is 0.0124. The number of nitro groups is 2. The SMILES string of the molecule is CC/C=C\C/C=C\C/C=C(\C/C=C(\CCCCCCC=O)[N+](=O)[O-])[N+](=O)[O-]. The molecule has 150 valence electrons. The van der Waals surface area contributed by atoms with Gasteiger partial charge in [0, 0.05) is 12.8 Å². The Hall–Kier alpha value is -2.57. The summed E-state index contributed by atoms with van der Waals surface area (Å²) in [6, 6.07) is 0. The van der Waals surface area contributed by atoms with Crippen molar-refractivity contribution in [1.82, 2.24) is 0 Å². The maximum atomic E-state index is 11.1. The Morgan fingerprint density at radius 3 is 2.07 bits per heavy atom. The Labute approximate surface area is 160 Å². The Balaban J connectivity index is 4.57. The summed E-state index contributed by atoms with van der Waals surface area (Å²) in [5.74, 6) is 0. The number of unbranched alkanes of at least 4 members (excludes halogenated alkanes) is 4. The third kappa shape index (κ3) is 14.3. The number of carbonyl (C=O) groups is 1. The normalized spacial score (nSPS) is 12.8. The molecule has 0 aliphatic rings. The second-order valence-corrected chi connectivity index (χ2v) is 6.05. The molecule has 0 bridgehead atoms. The molecular formula is C20H30N2O5. The molecule has 7 heteroatoms. The van der Waals surface area contributed by atoms with E-state index in [1.165, 1.54) is 12.2 Å². The highest BCUT2D eigenvalue weighted by atomic mass is 16.6. The summed E-state index contributed by atoms with van der Waals surface area (Å²) in [4.78, 5) is 31.5. The van der Waals surface area contributed by atoms with Gasteiger partial charge < -0.3 is 4.79 Å². The van der Waals surface area contributed by atoms with E-state index in [1.54, 1.807) is 0 Å². The first-order valence-electron chi connectivity index (χ1n) is 9.43. The summed E-state index contributed by atoms with van der Waals surface area (Å²) in [7, 11) is 0. The first kappa shape index (κ1) is 24.4. The molecule has 0 unspecified atom stereocenters. The molecule has 0 saturated heterocycles. The molecule has 0 aromatic heterocycles. The monoisotopic (exact) mass is 378 g/mol. The lowest BCUT2D eigenvalue weighted by molar-refractivity contribution is -0.432. The van der Waals surface area contributed by atoms with Gasteiger partial charge in [-0.05, 0) is 44.3 Å². The van der Waals surface area contributed by atoms with E-state index < -0.39 is 9.85 Å². The highest BCUT2D eigenvalue weighted by Crippen LogP contribution is 2.15. The highest BCUT2D eigenvalue weighted by Gasteiger charge is 2.14. The Bertz CT molecular complexity index is 577. The fraction of sp³-hybridized carbons (Fsp3) is 0.550. The van der Waals surface area contributed by atoms with E-state index in [9.17, 15) is 25.0 Å². The van der Waals surface area contributed by atoms with E-state index in [1.807, 2.05) is 25.2 Å². The van der Waals surface area contributed by atoms with Gasteiger partial charge in [-0.15, -0.1) is 0 Å². The van der Waals surface area contributed by atoms with E-state index in [0.29, 0.717) is 19.3 Å². The largest absolute Gasteiger partial charge is 0.303 e. The van der Waals surface area contributed by atoms with E-state index in [0.717, 1.165) is 38.4 Å². The van der Waals surface area contributed by atoms with Crippen molar-refractivity contribution < 1.29 is 14.6 Å². The van der Waals surface area contributed by atoms with Crippen molar-refractivity contribution in [2.75, 3.05) is 0 Å². The lowest BCUT2D eigenvalue weighted by atomic mass is 10.1. The predicted octanol–water partition coefficient (Wildman–Crippen LogP) is 5.54. The van der Waals surface area contributed by atoms with Crippen LogP contribution in [0.25, 0.3) is 0 Å². The van der Waals surface area contributed by atoms with Crippen molar-refractivity contribution in [2.45, 2.75) is 71.1 Å². The Morgan fingerprint density at radius 1 is 0.815 bits per heavy atom. The quantitative estimate of drug-likeness (QED) is 0.115. The molecule has 0 radical (unpaired) electrons. The zero-order valence-corrected chi connectivity index (χ0v) is 16.0. The average molecular weight is 378 g/mol. The maximum absolute atomic E-state index is 11.1. The van der Waals surface area contributed by atoms with Gasteiger partial charge in [-0.1, -0.05) is 44.1 Å². The zero-order chi connectivity index (χ0) is 20.3. The van der Waals surface area contributed by atoms with Gasteiger partial charge in [0.2, 0.25) is 11.4 Å². The van der Waals surface area contributed by atoms with Crippen LogP contribution in [-0.4, -0.2) is 16.1 Å². The topological polar surface area (TPSA) is 103 Å². The van der Waals surface area contributed by atoms with Gasteiger partial charge in [0.15, 0.2) is 0 Å². The lowest BCUT2D eigenvalue weighted by Crippen LogP contribution is -2.02. The second kappa shape index (κ2) is 16.9. The van der Waals surface area contributed by atoms with Crippen LogP contribution < -0.4 is 0 Å². The number of hydrogen-bond acceptors (Lipinski definition) is 5. The smallest absolute Gasteiger partial charge is 0.246 e. The van der Waals surface area contributed by atoms with Crippen LogP contribution >= 0.6 is 0 Å². The zero-order valence-electron chi connectivity index (χ0n) is 16.0. The van der Waals surface area contributed by atoms with E-state index in [-0.39, 0.29) is 24.2 Å². The van der Waals surface area contributed by atoms with Crippen LogP contribution in [0.2, 0.25) is 0 Å². The standard InChI is InChI=1S/C20H30N2O5/c1-2-3-4-5-6-8-11-14-19(21(24)25)16-17-20(22(26)27)15-12-9-7-10-13-18-23/h3-4,6,8,14,17-18H,2,5,7,9-13,15-16H2,1H3/b4-3-,8-6-,19-14+,20-17+. The van der Waals surface area contributed by atoms with Crippen molar-refractivity contribution in [3.8, 4) is 0 Å². The summed E-state index contributed by atoms with van der Waals surface area (Å²) in [6.07, 6.45) is 17.6. The fourth-order valence-electron chi connectivity index (χ4n) is 2.35. The van der Waals surface area contributed by atoms with Crippen LogP contribution in [0, 0.1) is 20.2 Å². The Kier molecular flexibility index (Phi) is 15.3. The van der Waals surface area contributed by atoms with E-state index in [2.05, 4.69) is 6.08 Å². The third-order valence-electron chi connectivity index (χ3n) is 3.85. The van der Waals surface area contributed by atoms with E-state index >= 15 is 0 Å².